The zero-order valence-electron chi connectivity index (χ0n) is 15.2. The van der Waals surface area contributed by atoms with Crippen LogP contribution in [0, 0.1) is 0 Å². The number of sulfonamides is 1. The van der Waals surface area contributed by atoms with Gasteiger partial charge in [0.2, 0.25) is 15.9 Å². The second kappa shape index (κ2) is 9.40. The van der Waals surface area contributed by atoms with Gasteiger partial charge in [0.25, 0.3) is 0 Å². The van der Waals surface area contributed by atoms with E-state index in [1.807, 2.05) is 14.0 Å². The number of anilines is 1. The number of benzene rings is 1. The van der Waals surface area contributed by atoms with Crippen LogP contribution in [0.15, 0.2) is 29.2 Å². The Morgan fingerprint density at radius 2 is 1.77 bits per heavy atom. The summed E-state index contributed by atoms with van der Waals surface area (Å²) in [6, 6.07) is 6.40. The van der Waals surface area contributed by atoms with Gasteiger partial charge in [0.1, 0.15) is 0 Å². The van der Waals surface area contributed by atoms with Gasteiger partial charge in [-0.2, -0.15) is 4.31 Å². The van der Waals surface area contributed by atoms with E-state index in [9.17, 15) is 13.2 Å². The molecular formula is C17H26N4O3S2. The van der Waals surface area contributed by atoms with Crippen molar-refractivity contribution in [2.24, 2.45) is 0 Å². The van der Waals surface area contributed by atoms with Crippen molar-refractivity contribution in [3.63, 3.8) is 0 Å². The third-order valence-corrected chi connectivity index (χ3v) is 6.34. The number of thiocarbonyl (C=S) groups is 1. The van der Waals surface area contributed by atoms with E-state index >= 15 is 0 Å². The molecule has 144 valence electrons. The minimum Gasteiger partial charge on any atom is -0.332 e. The zero-order valence-corrected chi connectivity index (χ0v) is 16.8. The van der Waals surface area contributed by atoms with Gasteiger partial charge in [0.15, 0.2) is 5.11 Å². The predicted octanol–water partition coefficient (Wildman–Crippen LogP) is 1.63. The third kappa shape index (κ3) is 5.73. The Balaban J connectivity index is 1.95. The van der Waals surface area contributed by atoms with E-state index < -0.39 is 10.0 Å². The van der Waals surface area contributed by atoms with Gasteiger partial charge in [-0.15, -0.1) is 0 Å². The van der Waals surface area contributed by atoms with E-state index in [1.165, 1.54) is 4.31 Å². The number of nitrogens with zero attached hydrogens (tertiary/aromatic N) is 2. The molecule has 1 aromatic carbocycles. The van der Waals surface area contributed by atoms with Crippen molar-refractivity contribution in [1.82, 2.24) is 14.5 Å². The molecule has 0 aliphatic carbocycles. The summed E-state index contributed by atoms with van der Waals surface area (Å²) in [6.45, 7) is 4.46. The monoisotopic (exact) mass is 398 g/mol. The van der Waals surface area contributed by atoms with Crippen molar-refractivity contribution in [3.8, 4) is 0 Å². The minimum atomic E-state index is -3.48. The highest BCUT2D eigenvalue weighted by atomic mass is 32.2. The van der Waals surface area contributed by atoms with Gasteiger partial charge in [0, 0.05) is 38.3 Å². The maximum absolute atomic E-state index is 12.7. The van der Waals surface area contributed by atoms with Crippen LogP contribution in [0.2, 0.25) is 0 Å². The summed E-state index contributed by atoms with van der Waals surface area (Å²) in [4.78, 5) is 14.0. The van der Waals surface area contributed by atoms with E-state index in [-0.39, 0.29) is 15.9 Å². The molecule has 0 spiro atoms. The first-order chi connectivity index (χ1) is 12.3. The number of carbonyl (C=O) groups excluding carboxylic acids is 1. The normalized spacial score (nSPS) is 16.2. The average molecular weight is 399 g/mol. The van der Waals surface area contributed by atoms with Crippen LogP contribution in [0.25, 0.3) is 0 Å². The second-order valence-electron chi connectivity index (χ2n) is 6.34. The number of unbranched alkanes of at least 4 members (excludes halogenated alkanes) is 1. The number of amides is 1. The lowest BCUT2D eigenvalue weighted by atomic mass is 10.2. The molecule has 1 aliphatic rings. The van der Waals surface area contributed by atoms with Crippen molar-refractivity contribution in [3.05, 3.63) is 24.3 Å². The van der Waals surface area contributed by atoms with Crippen molar-refractivity contribution in [2.75, 3.05) is 38.5 Å². The van der Waals surface area contributed by atoms with Crippen LogP contribution in [-0.4, -0.2) is 61.9 Å². The summed E-state index contributed by atoms with van der Waals surface area (Å²) in [5.41, 5.74) is 0.628. The largest absolute Gasteiger partial charge is 0.332 e. The molecule has 0 aromatic heterocycles. The Labute approximate surface area is 160 Å². The molecule has 26 heavy (non-hydrogen) atoms. The number of piperazine rings is 1. The van der Waals surface area contributed by atoms with Crippen molar-refractivity contribution in [1.29, 1.82) is 0 Å². The maximum atomic E-state index is 12.7. The SMILES string of the molecule is CCCCC(=O)NC(=S)Nc1ccc(S(=O)(=O)N2CCN(C)CC2)cc1. The highest BCUT2D eigenvalue weighted by Crippen LogP contribution is 2.19. The van der Waals surface area contributed by atoms with Crippen LogP contribution < -0.4 is 10.6 Å². The first-order valence-electron chi connectivity index (χ1n) is 8.72. The van der Waals surface area contributed by atoms with Crippen LogP contribution in [0.5, 0.6) is 0 Å². The van der Waals surface area contributed by atoms with Crippen LogP contribution >= 0.6 is 12.2 Å². The summed E-state index contributed by atoms with van der Waals surface area (Å²) >= 11 is 5.11. The lowest BCUT2D eigenvalue weighted by Crippen LogP contribution is -2.46. The summed E-state index contributed by atoms with van der Waals surface area (Å²) in [7, 11) is -1.50. The third-order valence-electron chi connectivity index (χ3n) is 4.22. The molecule has 9 heteroatoms. The van der Waals surface area contributed by atoms with Crippen molar-refractivity contribution in [2.45, 2.75) is 31.1 Å². The molecule has 2 N–H and O–H groups in total. The Bertz CT molecular complexity index is 727. The number of likely N-dealkylation sites (N-methyl/N-ethyl adjacent to an activating group) is 1. The van der Waals surface area contributed by atoms with E-state index in [2.05, 4.69) is 15.5 Å². The number of hydrogen-bond acceptors (Lipinski definition) is 5. The van der Waals surface area contributed by atoms with Crippen LogP contribution in [0.1, 0.15) is 26.2 Å². The van der Waals surface area contributed by atoms with E-state index in [4.69, 9.17) is 12.2 Å². The fourth-order valence-corrected chi connectivity index (χ4v) is 4.23. The Hall–Kier alpha value is -1.55. The minimum absolute atomic E-state index is 0.126. The fraction of sp³-hybridized carbons (Fsp3) is 0.529. The summed E-state index contributed by atoms with van der Waals surface area (Å²) < 4.78 is 26.9. The first-order valence-corrected chi connectivity index (χ1v) is 10.6. The van der Waals surface area contributed by atoms with Gasteiger partial charge < -0.3 is 15.5 Å². The number of carbonyl (C=O) groups is 1. The quantitative estimate of drug-likeness (QED) is 0.709. The van der Waals surface area contributed by atoms with Crippen molar-refractivity contribution < 1.29 is 13.2 Å². The molecular weight excluding hydrogens is 372 g/mol. The molecule has 0 saturated carbocycles. The van der Waals surface area contributed by atoms with Gasteiger partial charge in [0.05, 0.1) is 4.90 Å². The smallest absolute Gasteiger partial charge is 0.243 e. The first kappa shape index (κ1) is 20.8. The molecule has 1 amide bonds. The second-order valence-corrected chi connectivity index (χ2v) is 8.68. The standard InChI is InChI=1S/C17H26N4O3S2/c1-3-4-5-16(22)19-17(25)18-14-6-8-15(9-7-14)26(23,24)21-12-10-20(2)11-13-21/h6-9H,3-5,10-13H2,1-2H3,(H2,18,19,22,25). The predicted molar refractivity (Wildman–Crippen MR) is 107 cm³/mol. The molecule has 1 aliphatic heterocycles. The van der Waals surface area contributed by atoms with Gasteiger partial charge in [-0.25, -0.2) is 8.42 Å². The Kier molecular flexibility index (Phi) is 7.51. The number of rotatable bonds is 6. The molecule has 1 saturated heterocycles. The summed E-state index contributed by atoms with van der Waals surface area (Å²) in [5.74, 6) is -0.126. The lowest BCUT2D eigenvalue weighted by Gasteiger charge is -2.31. The molecule has 1 fully saturated rings. The maximum Gasteiger partial charge on any atom is 0.243 e. The van der Waals surface area contributed by atoms with Gasteiger partial charge in [-0.1, -0.05) is 13.3 Å². The number of hydrogen-bond donors (Lipinski definition) is 2. The lowest BCUT2D eigenvalue weighted by molar-refractivity contribution is -0.119. The molecule has 0 bridgehead atoms. The highest BCUT2D eigenvalue weighted by molar-refractivity contribution is 7.89. The molecule has 1 heterocycles. The fourth-order valence-electron chi connectivity index (χ4n) is 2.58. The molecule has 7 nitrogen and oxygen atoms in total. The molecule has 1 aromatic rings. The van der Waals surface area contributed by atoms with E-state index in [0.29, 0.717) is 25.2 Å². The molecule has 0 unspecified atom stereocenters. The average Bonchev–Trinajstić information content (AvgIpc) is 2.60. The van der Waals surface area contributed by atoms with E-state index in [1.54, 1.807) is 24.3 Å². The van der Waals surface area contributed by atoms with Crippen LogP contribution in [0.4, 0.5) is 5.69 Å². The van der Waals surface area contributed by atoms with Crippen LogP contribution in [0.3, 0.4) is 0 Å². The Morgan fingerprint density at radius 1 is 1.15 bits per heavy atom. The topological polar surface area (TPSA) is 81.8 Å². The highest BCUT2D eigenvalue weighted by Gasteiger charge is 2.27. The van der Waals surface area contributed by atoms with Gasteiger partial charge >= 0.3 is 0 Å². The van der Waals surface area contributed by atoms with Crippen LogP contribution in [-0.2, 0) is 14.8 Å². The number of nitrogens with one attached hydrogen (secondary N) is 2. The molecule has 2 rings (SSSR count). The molecule has 0 radical (unpaired) electrons. The molecule has 0 atom stereocenters. The van der Waals surface area contributed by atoms with Crippen molar-refractivity contribution >= 4 is 38.9 Å². The zero-order chi connectivity index (χ0) is 19.2. The Morgan fingerprint density at radius 3 is 2.35 bits per heavy atom. The van der Waals surface area contributed by atoms with Gasteiger partial charge in [-0.05, 0) is 50.0 Å². The van der Waals surface area contributed by atoms with Gasteiger partial charge in [-0.3, -0.25) is 4.79 Å². The summed E-state index contributed by atoms with van der Waals surface area (Å²) in [5, 5.41) is 5.72. The van der Waals surface area contributed by atoms with E-state index in [0.717, 1.165) is 25.9 Å². The summed E-state index contributed by atoms with van der Waals surface area (Å²) in [6.07, 6.45) is 2.19.